The average Bonchev–Trinajstić information content (AvgIpc) is 3.07. The van der Waals surface area contributed by atoms with Crippen LogP contribution in [0.1, 0.15) is 23.4 Å². The molecule has 0 atom stereocenters. The lowest BCUT2D eigenvalue weighted by atomic mass is 10.2. The van der Waals surface area contributed by atoms with Gasteiger partial charge < -0.3 is 4.57 Å². The topological polar surface area (TPSA) is 58.4 Å². The molecule has 3 aromatic rings. The smallest absolute Gasteiger partial charge is 0.236 e. The van der Waals surface area contributed by atoms with Gasteiger partial charge >= 0.3 is 0 Å². The number of imidazole rings is 1. The first kappa shape index (κ1) is 21.5. The van der Waals surface area contributed by atoms with Crippen LogP contribution in [0.2, 0.25) is 0 Å². The molecule has 7 heteroatoms. The zero-order valence-electron chi connectivity index (χ0n) is 17.5. The summed E-state index contributed by atoms with van der Waals surface area (Å²) in [4.78, 5) is 6.84. The molecule has 6 nitrogen and oxygen atoms in total. The summed E-state index contributed by atoms with van der Waals surface area (Å²) in [7, 11) is -3.43. The Bertz CT molecular complexity index is 1090. The first-order chi connectivity index (χ1) is 15.1. The first-order valence-corrected chi connectivity index (χ1v) is 12.1. The fourth-order valence-electron chi connectivity index (χ4n) is 3.79. The van der Waals surface area contributed by atoms with Crippen molar-refractivity contribution < 1.29 is 8.42 Å². The van der Waals surface area contributed by atoms with Crippen LogP contribution in [0, 0.1) is 0 Å². The van der Waals surface area contributed by atoms with Crippen molar-refractivity contribution in [3.8, 4) is 0 Å². The van der Waals surface area contributed by atoms with Crippen LogP contribution in [-0.2, 0) is 23.1 Å². The van der Waals surface area contributed by atoms with Gasteiger partial charge in [0.2, 0.25) is 10.0 Å². The zero-order valence-corrected chi connectivity index (χ0v) is 18.4. The normalized spacial score (nSPS) is 16.5. The number of rotatable bonds is 7. The Labute approximate surface area is 184 Å². The molecular weight excluding hydrogens is 408 g/mol. The van der Waals surface area contributed by atoms with Crippen LogP contribution in [0.25, 0.3) is 6.08 Å². The molecule has 4 rings (SSSR count). The molecule has 1 saturated heterocycles. The highest BCUT2D eigenvalue weighted by Gasteiger charge is 2.23. The summed E-state index contributed by atoms with van der Waals surface area (Å²) in [6.07, 6.45) is 6.31. The minimum absolute atomic E-state index is 0.487. The molecule has 31 heavy (non-hydrogen) atoms. The van der Waals surface area contributed by atoms with Gasteiger partial charge in [0.15, 0.2) is 0 Å². The van der Waals surface area contributed by atoms with Crippen molar-refractivity contribution in [2.24, 2.45) is 0 Å². The molecule has 1 fully saturated rings. The van der Waals surface area contributed by atoms with Crippen molar-refractivity contribution in [1.29, 1.82) is 0 Å². The van der Waals surface area contributed by atoms with Gasteiger partial charge in [-0.15, -0.1) is 0 Å². The molecule has 162 valence electrons. The summed E-state index contributed by atoms with van der Waals surface area (Å²) < 4.78 is 29.3. The van der Waals surface area contributed by atoms with Gasteiger partial charge in [-0.1, -0.05) is 60.7 Å². The molecule has 1 aromatic heterocycles. The van der Waals surface area contributed by atoms with E-state index in [0.717, 1.165) is 30.9 Å². The number of aromatic nitrogens is 2. The zero-order chi connectivity index (χ0) is 21.5. The molecule has 0 aliphatic carbocycles. The third-order valence-electron chi connectivity index (χ3n) is 5.50. The Hall–Kier alpha value is -2.74. The monoisotopic (exact) mass is 436 g/mol. The van der Waals surface area contributed by atoms with E-state index in [1.165, 1.54) is 11.0 Å². The van der Waals surface area contributed by atoms with Crippen LogP contribution in [0.3, 0.4) is 0 Å². The molecule has 0 unspecified atom stereocenters. The minimum Gasteiger partial charge on any atom is -0.329 e. The van der Waals surface area contributed by atoms with Gasteiger partial charge in [0.1, 0.15) is 5.82 Å². The number of nitrogens with zero attached hydrogens (tertiary/aromatic N) is 4. The molecule has 0 saturated carbocycles. The van der Waals surface area contributed by atoms with Crippen molar-refractivity contribution in [3.05, 3.63) is 95.4 Å². The van der Waals surface area contributed by atoms with E-state index in [1.807, 2.05) is 60.9 Å². The summed E-state index contributed by atoms with van der Waals surface area (Å²) in [5.41, 5.74) is 2.12. The van der Waals surface area contributed by atoms with Crippen LogP contribution in [0.15, 0.2) is 78.5 Å². The fraction of sp³-hybridized carbons (Fsp3) is 0.292. The quantitative estimate of drug-likeness (QED) is 0.569. The first-order valence-electron chi connectivity index (χ1n) is 10.6. The number of hydrogen-bond donors (Lipinski definition) is 0. The molecule has 0 bridgehead atoms. The van der Waals surface area contributed by atoms with E-state index >= 15 is 0 Å². The van der Waals surface area contributed by atoms with Gasteiger partial charge in [-0.05, 0) is 30.2 Å². The van der Waals surface area contributed by atoms with E-state index in [0.29, 0.717) is 26.2 Å². The van der Waals surface area contributed by atoms with Crippen LogP contribution in [0.4, 0.5) is 0 Å². The van der Waals surface area contributed by atoms with Crippen molar-refractivity contribution in [2.45, 2.75) is 19.5 Å². The summed E-state index contributed by atoms with van der Waals surface area (Å²) in [5, 5.41) is 1.32. The van der Waals surface area contributed by atoms with Gasteiger partial charge in [0.25, 0.3) is 0 Å². The average molecular weight is 437 g/mol. The predicted molar refractivity (Wildman–Crippen MR) is 124 cm³/mol. The fourth-order valence-corrected chi connectivity index (χ4v) is 5.01. The van der Waals surface area contributed by atoms with Gasteiger partial charge in [0.05, 0.1) is 6.54 Å². The lowest BCUT2D eigenvalue weighted by Crippen LogP contribution is -2.34. The predicted octanol–water partition coefficient (Wildman–Crippen LogP) is 3.44. The van der Waals surface area contributed by atoms with E-state index in [2.05, 4.69) is 26.6 Å². The highest BCUT2D eigenvalue weighted by Crippen LogP contribution is 2.14. The van der Waals surface area contributed by atoms with Gasteiger partial charge in [-0.2, -0.15) is 4.31 Å². The van der Waals surface area contributed by atoms with Crippen LogP contribution in [0.5, 0.6) is 0 Å². The van der Waals surface area contributed by atoms with Gasteiger partial charge in [-0.3, -0.25) is 4.90 Å². The maximum atomic E-state index is 12.8. The molecule has 1 aliphatic heterocycles. The minimum atomic E-state index is -3.43. The second kappa shape index (κ2) is 10.0. The highest BCUT2D eigenvalue weighted by atomic mass is 32.2. The SMILES string of the molecule is O=S(=O)(/C=C/c1ccccc1)N1CCCN(Cc2nccn2Cc2ccccc2)CC1. The summed E-state index contributed by atoms with van der Waals surface area (Å²) in [5.74, 6) is 1.00. The van der Waals surface area contributed by atoms with Crippen LogP contribution in [-0.4, -0.2) is 53.4 Å². The second-order valence-corrected chi connectivity index (χ2v) is 9.56. The van der Waals surface area contributed by atoms with Crippen molar-refractivity contribution in [2.75, 3.05) is 26.2 Å². The Morgan fingerprint density at radius 2 is 1.61 bits per heavy atom. The Morgan fingerprint density at radius 3 is 2.39 bits per heavy atom. The standard InChI is InChI=1S/C24H28N4O2S/c29-31(30,19-12-22-8-3-1-4-9-22)28-15-7-14-26(17-18-28)21-24-25-13-16-27(24)20-23-10-5-2-6-11-23/h1-6,8-13,16,19H,7,14-15,17-18,20-21H2/b19-12+. The Kier molecular flexibility index (Phi) is 6.96. The molecule has 1 aliphatic rings. The molecule has 0 radical (unpaired) electrons. The molecule has 0 N–H and O–H groups in total. The number of hydrogen-bond acceptors (Lipinski definition) is 4. The number of sulfonamides is 1. The van der Waals surface area contributed by atoms with E-state index in [9.17, 15) is 8.42 Å². The summed E-state index contributed by atoms with van der Waals surface area (Å²) in [6.45, 7) is 4.07. The third kappa shape index (κ3) is 5.91. The molecular formula is C24H28N4O2S. The van der Waals surface area contributed by atoms with Crippen LogP contribution < -0.4 is 0 Å². The molecule has 2 aromatic carbocycles. The maximum Gasteiger partial charge on any atom is 0.236 e. The van der Waals surface area contributed by atoms with Crippen molar-refractivity contribution in [3.63, 3.8) is 0 Å². The van der Waals surface area contributed by atoms with E-state index in [4.69, 9.17) is 0 Å². The maximum absolute atomic E-state index is 12.8. The lowest BCUT2D eigenvalue weighted by molar-refractivity contribution is 0.268. The molecule has 0 spiro atoms. The number of benzene rings is 2. The molecule has 0 amide bonds. The largest absolute Gasteiger partial charge is 0.329 e. The summed E-state index contributed by atoms with van der Waals surface area (Å²) >= 11 is 0. The van der Waals surface area contributed by atoms with Gasteiger partial charge in [0, 0.05) is 44.0 Å². The Morgan fingerprint density at radius 1 is 0.871 bits per heavy atom. The highest BCUT2D eigenvalue weighted by molar-refractivity contribution is 7.92. The van der Waals surface area contributed by atoms with Crippen molar-refractivity contribution >= 4 is 16.1 Å². The summed E-state index contributed by atoms with van der Waals surface area (Å²) in [6, 6.07) is 19.8. The van der Waals surface area contributed by atoms with E-state index < -0.39 is 10.0 Å². The third-order valence-corrected chi connectivity index (χ3v) is 7.07. The van der Waals surface area contributed by atoms with E-state index in [1.54, 1.807) is 10.4 Å². The van der Waals surface area contributed by atoms with Crippen molar-refractivity contribution in [1.82, 2.24) is 18.8 Å². The van der Waals surface area contributed by atoms with E-state index in [-0.39, 0.29) is 0 Å². The lowest BCUT2D eigenvalue weighted by Gasteiger charge is -2.21. The molecule has 2 heterocycles. The Balaban J connectivity index is 1.37. The van der Waals surface area contributed by atoms with Crippen LogP contribution >= 0.6 is 0 Å². The van der Waals surface area contributed by atoms with Gasteiger partial charge in [-0.25, -0.2) is 13.4 Å². The second-order valence-electron chi connectivity index (χ2n) is 7.74.